The van der Waals surface area contributed by atoms with Crippen LogP contribution in [-0.4, -0.2) is 158 Å². The summed E-state index contributed by atoms with van der Waals surface area (Å²) in [6, 6.07) is 4.43. The second-order valence-electron chi connectivity index (χ2n) is 11.2. The molecule has 0 saturated heterocycles. The molecule has 0 aromatic heterocycles. The standard InChI is InChI=1S/C17H37N3O26P8/c21-13(22)12(10-11-4-2-1-3-5-11)18(6-8-19(14(47(23,24)25)48(26,27)28)15(49(29,30)31)50(32,33)34)7-9-20(16(51(35,36)37)52(38,39)40)17(53(41,42)43)54(44,45)46/h1-5,12,14-17H,6-10H2,(H,21,22)(H2,23,24,25)(H2,26,27,28)(H2,29,30,31)(H2,32,33,34)(H2,35,36,37)(H2,38,39,40)(H2,41,42,43)(H2,44,45,46)/t12-/m0/s1. The normalized spacial score (nSPS) is 15.4. The van der Waals surface area contributed by atoms with Gasteiger partial charge in [-0.25, -0.2) is 0 Å². The van der Waals surface area contributed by atoms with Crippen molar-refractivity contribution in [2.75, 3.05) is 26.2 Å². The summed E-state index contributed by atoms with van der Waals surface area (Å²) in [7, 11) is -51.6. The number of rotatable bonds is 22. The highest BCUT2D eigenvalue weighted by Gasteiger charge is 2.60. The van der Waals surface area contributed by atoms with E-state index in [2.05, 4.69) is 0 Å². The molecule has 0 amide bonds. The number of hydrogen-bond donors (Lipinski definition) is 17. The molecule has 29 nitrogen and oxygen atoms in total. The van der Waals surface area contributed by atoms with Crippen LogP contribution < -0.4 is 0 Å². The van der Waals surface area contributed by atoms with Crippen LogP contribution >= 0.6 is 60.8 Å². The molecule has 0 aliphatic carbocycles. The zero-order valence-corrected chi connectivity index (χ0v) is 33.7. The minimum Gasteiger partial charge on any atom is -0.480 e. The van der Waals surface area contributed by atoms with Crippen molar-refractivity contribution in [1.82, 2.24) is 14.7 Å². The fraction of sp³-hybridized carbons (Fsp3) is 0.588. The SMILES string of the molecule is O=C(O)[C@H](Cc1ccccc1)N(CCN(C(P(=O)(O)O)P(=O)(O)O)C(P(=O)(O)O)P(=O)(O)O)CCN(C(P(=O)(O)O)P(=O)(O)O)C(P(=O)(O)O)P(=O)(O)O. The van der Waals surface area contributed by atoms with Crippen molar-refractivity contribution >= 4 is 66.7 Å². The van der Waals surface area contributed by atoms with Crippen LogP contribution in [0.15, 0.2) is 30.3 Å². The minimum absolute atomic E-state index is 0.0712. The fourth-order valence-electron chi connectivity index (χ4n) is 5.15. The first-order chi connectivity index (χ1) is 23.7. The Balaban J connectivity index is 4.21. The molecule has 0 saturated carbocycles. The van der Waals surface area contributed by atoms with Crippen molar-refractivity contribution in [3.05, 3.63) is 35.9 Å². The van der Waals surface area contributed by atoms with E-state index in [1.54, 1.807) is 0 Å². The molecule has 17 N–H and O–H groups in total. The van der Waals surface area contributed by atoms with Crippen LogP contribution in [0.2, 0.25) is 0 Å². The van der Waals surface area contributed by atoms with E-state index in [0.29, 0.717) is 4.90 Å². The Labute approximate surface area is 302 Å². The van der Waals surface area contributed by atoms with Gasteiger partial charge in [-0.3, -0.25) is 56.0 Å². The number of aliphatic carboxylic acids is 1. The largest absolute Gasteiger partial charge is 0.480 e. The number of benzene rings is 1. The van der Waals surface area contributed by atoms with E-state index in [1.807, 2.05) is 0 Å². The van der Waals surface area contributed by atoms with Gasteiger partial charge in [0.25, 0.3) is 0 Å². The van der Waals surface area contributed by atoms with Gasteiger partial charge in [-0.05, 0) is 12.0 Å². The van der Waals surface area contributed by atoms with Gasteiger partial charge in [0, 0.05) is 26.2 Å². The zero-order valence-electron chi connectivity index (χ0n) is 26.5. The van der Waals surface area contributed by atoms with Gasteiger partial charge < -0.3 is 83.4 Å². The Morgan fingerprint density at radius 3 is 0.889 bits per heavy atom. The molecular weight excluding hydrogens is 910 g/mol. The van der Waals surface area contributed by atoms with E-state index in [1.165, 1.54) is 30.3 Å². The average Bonchev–Trinajstić information content (AvgIpc) is 2.85. The van der Waals surface area contributed by atoms with Crippen LogP contribution in [0.1, 0.15) is 5.56 Å². The molecular formula is C17H37N3O26P8. The van der Waals surface area contributed by atoms with Gasteiger partial charge in [-0.1, -0.05) is 30.3 Å². The lowest BCUT2D eigenvalue weighted by Crippen LogP contribution is -2.53. The third-order valence-corrected chi connectivity index (χ3v) is 21.3. The molecule has 0 fully saturated rings. The molecule has 0 bridgehead atoms. The smallest absolute Gasteiger partial charge is 0.355 e. The van der Waals surface area contributed by atoms with Crippen molar-refractivity contribution in [3.8, 4) is 0 Å². The van der Waals surface area contributed by atoms with E-state index in [-0.39, 0.29) is 5.56 Å². The average molecular weight is 947 g/mol. The van der Waals surface area contributed by atoms with Crippen LogP contribution in [0.25, 0.3) is 0 Å². The van der Waals surface area contributed by atoms with Crippen molar-refractivity contribution < 1.29 is 125 Å². The second kappa shape index (κ2) is 18.4. The van der Waals surface area contributed by atoms with Crippen LogP contribution in [0.3, 0.4) is 0 Å². The molecule has 0 unspecified atom stereocenters. The molecule has 316 valence electrons. The summed E-state index contributed by atoms with van der Waals surface area (Å²) in [5, 5.41) is 10.1. The van der Waals surface area contributed by atoms with E-state index in [4.69, 9.17) is 0 Å². The van der Waals surface area contributed by atoms with Crippen molar-refractivity contribution in [2.24, 2.45) is 0 Å². The number of carboxylic acids is 1. The third kappa shape index (κ3) is 15.2. The van der Waals surface area contributed by atoms with Gasteiger partial charge >= 0.3 is 66.7 Å². The summed E-state index contributed by atoms with van der Waals surface area (Å²) in [6.07, 6.45) is -0.752. The van der Waals surface area contributed by atoms with Crippen LogP contribution in [0.5, 0.6) is 0 Å². The monoisotopic (exact) mass is 947 g/mol. The van der Waals surface area contributed by atoms with Crippen molar-refractivity contribution in [3.63, 3.8) is 0 Å². The first kappa shape index (κ1) is 51.8. The van der Waals surface area contributed by atoms with Gasteiger partial charge in [0.2, 0.25) is 22.1 Å². The summed E-state index contributed by atoms with van der Waals surface area (Å²) in [4.78, 5) is 168. The molecule has 37 heteroatoms. The highest BCUT2D eigenvalue weighted by atomic mass is 31.3. The van der Waals surface area contributed by atoms with Crippen LogP contribution in [0.4, 0.5) is 0 Å². The Hall–Kier alpha value is -0.230. The maximum absolute atomic E-state index is 12.6. The number of hydrogen-bond acceptors (Lipinski definition) is 12. The second-order valence-corrected chi connectivity index (χ2v) is 26.1. The Kier molecular flexibility index (Phi) is 17.6. The summed E-state index contributed by atoms with van der Waals surface area (Å²) < 4.78 is 98.3. The van der Waals surface area contributed by atoms with E-state index in [9.17, 15) is 125 Å². The minimum atomic E-state index is -6.45. The van der Waals surface area contributed by atoms with E-state index >= 15 is 0 Å². The molecule has 0 radical (unpaired) electrons. The molecule has 1 aromatic rings. The van der Waals surface area contributed by atoms with Gasteiger partial charge in [0.1, 0.15) is 6.04 Å². The van der Waals surface area contributed by atoms with E-state index in [0.717, 1.165) is 0 Å². The molecule has 54 heavy (non-hydrogen) atoms. The maximum atomic E-state index is 12.6. The molecule has 1 rings (SSSR count). The Morgan fingerprint density at radius 2 is 0.685 bits per heavy atom. The lowest BCUT2D eigenvalue weighted by atomic mass is 10.0. The molecule has 1 aromatic carbocycles. The number of carboxylic acid groups (broad SMARTS) is 1. The molecule has 0 aliphatic heterocycles. The Bertz CT molecular complexity index is 1560. The molecule has 0 heterocycles. The van der Waals surface area contributed by atoms with Crippen molar-refractivity contribution in [1.29, 1.82) is 0 Å². The van der Waals surface area contributed by atoms with Crippen LogP contribution in [0, 0.1) is 0 Å². The maximum Gasteiger partial charge on any atom is 0.355 e. The Morgan fingerprint density at radius 1 is 0.444 bits per heavy atom. The quantitative estimate of drug-likeness (QED) is 0.0520. The molecule has 1 atom stereocenters. The van der Waals surface area contributed by atoms with Gasteiger partial charge in [0.15, 0.2) is 0 Å². The lowest BCUT2D eigenvalue weighted by Gasteiger charge is -2.41. The summed E-state index contributed by atoms with van der Waals surface area (Å²) in [5.74, 6) is -1.97. The molecule has 0 aliphatic rings. The lowest BCUT2D eigenvalue weighted by molar-refractivity contribution is -0.143. The predicted molar refractivity (Wildman–Crippen MR) is 178 cm³/mol. The van der Waals surface area contributed by atoms with Gasteiger partial charge in [-0.2, -0.15) is 0 Å². The summed E-state index contributed by atoms with van der Waals surface area (Å²) in [5.41, 5.74) is -15.1. The first-order valence-corrected chi connectivity index (χ1v) is 27.1. The fourth-order valence-corrected chi connectivity index (χ4v) is 17.3. The molecule has 0 spiro atoms. The zero-order chi connectivity index (χ0) is 42.8. The topological polar surface area (TPSA) is 507 Å². The summed E-state index contributed by atoms with van der Waals surface area (Å²) in [6.45, 7) is -6.53. The predicted octanol–water partition coefficient (Wildman–Crippen LogP) is -2.86. The number of nitrogens with zero attached hydrogens (tertiary/aromatic N) is 3. The summed E-state index contributed by atoms with van der Waals surface area (Å²) >= 11 is 0. The van der Waals surface area contributed by atoms with Gasteiger partial charge in [0.05, 0.1) is 0 Å². The highest BCUT2D eigenvalue weighted by molar-refractivity contribution is 7.73. The van der Waals surface area contributed by atoms with Gasteiger partial charge in [-0.15, -0.1) is 0 Å². The van der Waals surface area contributed by atoms with Crippen LogP contribution in [-0.2, 0) is 47.7 Å². The van der Waals surface area contributed by atoms with E-state index < -0.39 is 137 Å². The van der Waals surface area contributed by atoms with Crippen molar-refractivity contribution in [2.45, 2.75) is 34.6 Å². The first-order valence-electron chi connectivity index (χ1n) is 13.7. The third-order valence-electron chi connectivity index (χ3n) is 6.88. The number of carbonyl (C=O) groups is 1. The highest BCUT2D eigenvalue weighted by Crippen LogP contribution is 2.70.